The minimum Gasteiger partial charge on any atom is -0.491 e. The van der Waals surface area contributed by atoms with Crippen LogP contribution in [-0.2, 0) is 9.47 Å². The Morgan fingerprint density at radius 3 is 2.61 bits per heavy atom. The Bertz CT molecular complexity index is 325. The van der Waals surface area contributed by atoms with Gasteiger partial charge in [-0.15, -0.1) is 0 Å². The van der Waals surface area contributed by atoms with Crippen LogP contribution in [0.2, 0.25) is 0 Å². The molecule has 1 aromatic carbocycles. The van der Waals surface area contributed by atoms with E-state index >= 15 is 0 Å². The van der Waals surface area contributed by atoms with Crippen LogP contribution in [0.3, 0.4) is 0 Å². The van der Waals surface area contributed by atoms with Crippen LogP contribution < -0.4 is 4.74 Å². The molecule has 102 valence electrons. The number of hydrogen-bond donors (Lipinski definition) is 1. The summed E-state index contributed by atoms with van der Waals surface area (Å²) < 4.78 is 15.9. The van der Waals surface area contributed by atoms with Crippen LogP contribution in [0.25, 0.3) is 0 Å². The summed E-state index contributed by atoms with van der Waals surface area (Å²) in [5.41, 5.74) is 0.803. The molecule has 0 unspecified atom stereocenters. The highest BCUT2D eigenvalue weighted by Crippen LogP contribution is 2.24. The molecule has 0 saturated heterocycles. The third kappa shape index (κ3) is 5.49. The number of aliphatic hydroxyl groups is 1. The van der Waals surface area contributed by atoms with Crippen molar-refractivity contribution in [1.82, 2.24) is 0 Å². The van der Waals surface area contributed by atoms with Gasteiger partial charge >= 0.3 is 0 Å². The Hall–Kier alpha value is -1.10. The summed E-state index contributed by atoms with van der Waals surface area (Å²) in [4.78, 5) is 0. The molecule has 0 radical (unpaired) electrons. The zero-order valence-electron chi connectivity index (χ0n) is 11.1. The molecular formula is C14H22O4. The van der Waals surface area contributed by atoms with Gasteiger partial charge in [0.25, 0.3) is 0 Å². The number of para-hydroxylation sites is 1. The summed E-state index contributed by atoms with van der Waals surface area (Å²) in [6, 6.07) is 7.49. The molecule has 1 N–H and O–H groups in total. The van der Waals surface area contributed by atoms with Gasteiger partial charge in [-0.05, 0) is 19.4 Å². The highest BCUT2D eigenvalue weighted by atomic mass is 16.5. The molecule has 18 heavy (non-hydrogen) atoms. The maximum atomic E-state index is 9.58. The molecule has 1 atom stereocenters. The average molecular weight is 254 g/mol. The fraction of sp³-hybridized carbons (Fsp3) is 0.571. The average Bonchev–Trinajstić information content (AvgIpc) is 2.38. The topological polar surface area (TPSA) is 47.9 Å². The minimum atomic E-state index is -0.524. The number of ether oxygens (including phenoxy) is 3. The van der Waals surface area contributed by atoms with E-state index in [9.17, 15) is 5.11 Å². The first-order valence-electron chi connectivity index (χ1n) is 6.22. The zero-order chi connectivity index (χ0) is 13.2. The molecule has 4 heteroatoms. The molecule has 0 heterocycles. The first kappa shape index (κ1) is 15.0. The van der Waals surface area contributed by atoms with Gasteiger partial charge in [0.05, 0.1) is 12.7 Å². The lowest BCUT2D eigenvalue weighted by molar-refractivity contribution is 0.0795. The van der Waals surface area contributed by atoms with Crippen molar-refractivity contribution in [2.75, 3.05) is 33.5 Å². The van der Waals surface area contributed by atoms with Gasteiger partial charge in [0.1, 0.15) is 12.4 Å². The molecule has 0 saturated carbocycles. The summed E-state index contributed by atoms with van der Waals surface area (Å²) >= 11 is 0. The summed E-state index contributed by atoms with van der Waals surface area (Å²) in [7, 11) is 1.68. The SMILES string of the molecule is COCCCOCCOc1ccccc1[C@@H](C)O. The normalized spacial score (nSPS) is 12.4. The van der Waals surface area contributed by atoms with Crippen LogP contribution in [-0.4, -0.2) is 38.6 Å². The molecule has 4 nitrogen and oxygen atoms in total. The van der Waals surface area contributed by atoms with E-state index < -0.39 is 6.10 Å². The fourth-order valence-corrected chi connectivity index (χ4v) is 1.58. The van der Waals surface area contributed by atoms with Crippen LogP contribution in [0.5, 0.6) is 5.75 Å². The number of rotatable bonds is 9. The molecule has 1 rings (SSSR count). The van der Waals surface area contributed by atoms with E-state index in [1.807, 2.05) is 24.3 Å². The van der Waals surface area contributed by atoms with Crippen LogP contribution in [0.4, 0.5) is 0 Å². The first-order chi connectivity index (χ1) is 8.75. The third-order valence-electron chi connectivity index (χ3n) is 2.49. The Morgan fingerprint density at radius 2 is 1.89 bits per heavy atom. The van der Waals surface area contributed by atoms with Gasteiger partial charge in [-0.2, -0.15) is 0 Å². The van der Waals surface area contributed by atoms with Crippen molar-refractivity contribution >= 4 is 0 Å². The van der Waals surface area contributed by atoms with Gasteiger partial charge in [0, 0.05) is 25.9 Å². The van der Waals surface area contributed by atoms with E-state index in [0.717, 1.165) is 12.0 Å². The predicted molar refractivity (Wildman–Crippen MR) is 69.9 cm³/mol. The Kier molecular flexibility index (Phi) is 7.41. The van der Waals surface area contributed by atoms with Crippen molar-refractivity contribution in [2.24, 2.45) is 0 Å². The number of aliphatic hydroxyl groups excluding tert-OH is 1. The van der Waals surface area contributed by atoms with Crippen molar-refractivity contribution in [2.45, 2.75) is 19.4 Å². The number of benzene rings is 1. The molecule has 0 bridgehead atoms. The lowest BCUT2D eigenvalue weighted by Gasteiger charge is -2.13. The zero-order valence-corrected chi connectivity index (χ0v) is 11.1. The Labute approximate surface area is 108 Å². The van der Waals surface area contributed by atoms with E-state index in [1.165, 1.54) is 0 Å². The van der Waals surface area contributed by atoms with Crippen molar-refractivity contribution in [3.8, 4) is 5.75 Å². The van der Waals surface area contributed by atoms with Crippen molar-refractivity contribution in [1.29, 1.82) is 0 Å². The van der Waals surface area contributed by atoms with Crippen LogP contribution >= 0.6 is 0 Å². The van der Waals surface area contributed by atoms with Gasteiger partial charge < -0.3 is 19.3 Å². The summed E-state index contributed by atoms with van der Waals surface area (Å²) in [6.07, 6.45) is 0.365. The maximum absolute atomic E-state index is 9.58. The standard InChI is InChI=1S/C14H22O4/c1-12(15)13-6-3-4-7-14(13)18-11-10-17-9-5-8-16-2/h3-4,6-7,12,15H,5,8-11H2,1-2H3/t12-/m1/s1. The van der Waals surface area contributed by atoms with Crippen molar-refractivity contribution in [3.63, 3.8) is 0 Å². The maximum Gasteiger partial charge on any atom is 0.125 e. The quantitative estimate of drug-likeness (QED) is 0.686. The molecule has 0 aliphatic heterocycles. The number of hydrogen-bond acceptors (Lipinski definition) is 4. The fourth-order valence-electron chi connectivity index (χ4n) is 1.58. The molecule has 0 amide bonds. The van der Waals surface area contributed by atoms with E-state index in [-0.39, 0.29) is 0 Å². The largest absolute Gasteiger partial charge is 0.491 e. The van der Waals surface area contributed by atoms with E-state index in [2.05, 4.69) is 0 Å². The summed E-state index contributed by atoms with van der Waals surface area (Å²) in [5.74, 6) is 0.716. The highest BCUT2D eigenvalue weighted by molar-refractivity contribution is 5.34. The van der Waals surface area contributed by atoms with E-state index in [0.29, 0.717) is 32.2 Å². The molecule has 0 aliphatic carbocycles. The molecule has 0 spiro atoms. The lowest BCUT2D eigenvalue weighted by atomic mass is 10.1. The molecular weight excluding hydrogens is 232 g/mol. The second kappa shape index (κ2) is 8.91. The van der Waals surface area contributed by atoms with E-state index in [4.69, 9.17) is 14.2 Å². The van der Waals surface area contributed by atoms with Gasteiger partial charge in [-0.1, -0.05) is 18.2 Å². The van der Waals surface area contributed by atoms with Crippen molar-refractivity contribution in [3.05, 3.63) is 29.8 Å². The summed E-state index contributed by atoms with van der Waals surface area (Å²) in [5, 5.41) is 9.58. The molecule has 0 aromatic heterocycles. The lowest BCUT2D eigenvalue weighted by Crippen LogP contribution is -2.10. The predicted octanol–water partition coefficient (Wildman–Crippen LogP) is 2.17. The Morgan fingerprint density at radius 1 is 1.11 bits per heavy atom. The molecule has 1 aromatic rings. The van der Waals surface area contributed by atoms with Crippen LogP contribution in [0, 0.1) is 0 Å². The van der Waals surface area contributed by atoms with Gasteiger partial charge in [0.15, 0.2) is 0 Å². The van der Waals surface area contributed by atoms with E-state index in [1.54, 1.807) is 14.0 Å². The van der Waals surface area contributed by atoms with Gasteiger partial charge in [-0.3, -0.25) is 0 Å². The smallest absolute Gasteiger partial charge is 0.125 e. The summed E-state index contributed by atoms with van der Waals surface area (Å²) in [6.45, 7) is 4.14. The highest BCUT2D eigenvalue weighted by Gasteiger charge is 2.07. The van der Waals surface area contributed by atoms with Gasteiger partial charge in [-0.25, -0.2) is 0 Å². The van der Waals surface area contributed by atoms with Crippen molar-refractivity contribution < 1.29 is 19.3 Å². The van der Waals surface area contributed by atoms with Crippen LogP contribution in [0.1, 0.15) is 25.0 Å². The molecule has 0 aliphatic rings. The molecule has 0 fully saturated rings. The number of methoxy groups -OCH3 is 1. The Balaban J connectivity index is 2.23. The van der Waals surface area contributed by atoms with Crippen LogP contribution in [0.15, 0.2) is 24.3 Å². The second-order valence-electron chi connectivity index (χ2n) is 4.02. The second-order valence-corrected chi connectivity index (χ2v) is 4.02. The monoisotopic (exact) mass is 254 g/mol. The third-order valence-corrected chi connectivity index (χ3v) is 2.49. The minimum absolute atomic E-state index is 0.483. The first-order valence-corrected chi connectivity index (χ1v) is 6.22. The van der Waals surface area contributed by atoms with Gasteiger partial charge in [0.2, 0.25) is 0 Å².